The van der Waals surface area contributed by atoms with Crippen LogP contribution in [0.5, 0.6) is 0 Å². The van der Waals surface area contributed by atoms with Crippen molar-refractivity contribution in [2.24, 2.45) is 5.92 Å². The lowest BCUT2D eigenvalue weighted by Crippen LogP contribution is -2.64. The van der Waals surface area contributed by atoms with Gasteiger partial charge in [0.05, 0.1) is 44.6 Å². The van der Waals surface area contributed by atoms with Crippen molar-refractivity contribution in [2.45, 2.75) is 235 Å². The highest BCUT2D eigenvalue weighted by molar-refractivity contribution is 7.53. The van der Waals surface area contributed by atoms with Gasteiger partial charge in [-0.15, -0.1) is 9.05 Å². The molecular formula is C60H107N8O25P2+. The summed E-state index contributed by atoms with van der Waals surface area (Å²) in [6.45, 7) is 6.88. The molecule has 4 saturated heterocycles. The number of likely N-dealkylation sites (tertiary alicyclic amines) is 2. The molecule has 4 aliphatic heterocycles. The number of aliphatic hydroxyl groups is 7. The molecule has 0 spiro atoms. The Morgan fingerprint density at radius 1 is 0.568 bits per heavy atom. The Hall–Kier alpha value is -4.51. The molecule has 4 aliphatic rings. The third-order valence-corrected chi connectivity index (χ3v) is 18.6. The van der Waals surface area contributed by atoms with Gasteiger partial charge in [-0.25, -0.2) is 0 Å². The van der Waals surface area contributed by atoms with E-state index in [1.807, 2.05) is 6.92 Å². The minimum Gasteiger partial charge on any atom is -0.394 e. The number of ether oxygens (including phenoxy) is 4. The zero-order chi connectivity index (χ0) is 70.0. The van der Waals surface area contributed by atoms with Crippen LogP contribution in [0, 0.1) is 5.92 Å². The number of nitrogens with zero attached hydrogens (tertiary/aromatic N) is 2. The van der Waals surface area contributed by atoms with Gasteiger partial charge in [0, 0.05) is 104 Å². The van der Waals surface area contributed by atoms with Gasteiger partial charge in [0.25, 0.3) is 0 Å². The van der Waals surface area contributed by atoms with Crippen LogP contribution in [-0.2, 0) is 84.5 Å². The Balaban J connectivity index is 1.17. The second kappa shape index (κ2) is 44.5. The monoisotopic (exact) mass is 1400 g/mol. The summed E-state index contributed by atoms with van der Waals surface area (Å²) >= 11 is 0. The Labute approximate surface area is 556 Å². The SMILES string of the molecule is CC(=O)NCCCCCC(=O)N1C[C@H](OP(C)(=O)OCCO[P+](=O)OC[C@@H]2C[C@@H](C)CN2C(=O)CCCCCNC(=O)[C@H](CCCCNC(=O)CCCCOC2OC(CO)C(O)C(O)C2NC(C)=O)NC(=O)CCCCOC2OC(CO)C(O)C(O)C2NC(C)=O)C[C@H]1CO. The van der Waals surface area contributed by atoms with Crippen LogP contribution in [0.2, 0.25) is 0 Å². The first-order chi connectivity index (χ1) is 45.3. The fraction of sp³-hybridized carbons (Fsp3) is 0.867. The predicted molar refractivity (Wildman–Crippen MR) is 338 cm³/mol. The van der Waals surface area contributed by atoms with Crippen LogP contribution in [0.15, 0.2) is 0 Å². The van der Waals surface area contributed by atoms with Crippen LogP contribution in [-0.4, -0.2) is 271 Å². The molecule has 12 unspecified atom stereocenters. The molecule has 0 aromatic heterocycles. The zero-order valence-electron chi connectivity index (χ0n) is 55.6. The van der Waals surface area contributed by atoms with Crippen molar-refractivity contribution in [3.05, 3.63) is 0 Å². The second-order valence-corrected chi connectivity index (χ2v) is 27.7. The number of hydrogen-bond donors (Lipinski definition) is 13. The van der Waals surface area contributed by atoms with Gasteiger partial charge >= 0.3 is 15.9 Å². The normalized spacial score (nSPS) is 27.1. The highest BCUT2D eigenvalue weighted by atomic mass is 31.2. The largest absolute Gasteiger partial charge is 0.697 e. The molecule has 4 fully saturated rings. The lowest BCUT2D eigenvalue weighted by molar-refractivity contribution is -0.270. The van der Waals surface area contributed by atoms with Crippen molar-refractivity contribution in [3.8, 4) is 0 Å². The van der Waals surface area contributed by atoms with Crippen molar-refractivity contribution in [3.63, 3.8) is 0 Å². The third-order valence-electron chi connectivity index (χ3n) is 16.5. The summed E-state index contributed by atoms with van der Waals surface area (Å²) in [7, 11) is -6.30. The summed E-state index contributed by atoms with van der Waals surface area (Å²) in [6.07, 6.45) is -3.45. The molecule has 95 heavy (non-hydrogen) atoms. The van der Waals surface area contributed by atoms with Gasteiger partial charge in [0.15, 0.2) is 12.6 Å². The fourth-order valence-corrected chi connectivity index (χ4v) is 13.4. The second-order valence-electron chi connectivity index (χ2n) is 24.7. The number of hydrogen-bond acceptors (Lipinski definition) is 25. The van der Waals surface area contributed by atoms with Gasteiger partial charge in [0.2, 0.25) is 47.3 Å². The van der Waals surface area contributed by atoms with Crippen molar-refractivity contribution in [2.75, 3.05) is 92.2 Å². The number of amides is 8. The van der Waals surface area contributed by atoms with E-state index in [9.17, 15) is 83.2 Å². The van der Waals surface area contributed by atoms with Crippen LogP contribution in [0.1, 0.15) is 150 Å². The maximum atomic E-state index is 13.6. The number of carbonyl (C=O) groups is 8. The molecule has 35 heteroatoms. The van der Waals surface area contributed by atoms with Gasteiger partial charge < -0.3 is 105 Å². The molecule has 0 aliphatic carbocycles. The molecule has 0 bridgehead atoms. The third kappa shape index (κ3) is 30.7. The van der Waals surface area contributed by atoms with E-state index in [2.05, 4.69) is 31.9 Å². The Kier molecular flexibility index (Phi) is 38.8. The quantitative estimate of drug-likeness (QED) is 0.0260. The molecule has 4 heterocycles. The van der Waals surface area contributed by atoms with E-state index in [1.165, 1.54) is 32.3 Å². The van der Waals surface area contributed by atoms with Crippen LogP contribution in [0.3, 0.4) is 0 Å². The molecule has 0 aromatic carbocycles. The van der Waals surface area contributed by atoms with E-state index in [4.69, 9.17) is 37.0 Å². The Morgan fingerprint density at radius 2 is 1.08 bits per heavy atom. The molecule has 13 N–H and O–H groups in total. The van der Waals surface area contributed by atoms with Crippen molar-refractivity contribution in [1.82, 2.24) is 41.7 Å². The standard InChI is InChI=1S/C60H106N8O25P2/c1-38-30-43(37-89-94(84)88-28-29-90-95(5,85)93-44-31-42(34-69)68(33-44)51(78)22-8-6-13-23-61-39(2)72)67(32-38)50(77)21-9-7-14-25-63-58(83)45(66-49(76)20-12-17-27-87-60-53(65-41(4)74)57(82)55(80)47(36-71)92-60)18-10-15-24-62-48(75)19-11-16-26-86-59-52(64-40(3)73)56(81)54(79)46(35-70)91-59/h38,42-47,52-57,59-60,69-71,79-82H,6-37H2,1-5H3,(H5-,61,62,63,64,65,66,72,73,74,75,76,83)/p+1/t38-,42+,43+,44-,45+,46?,47?,52?,53?,54?,55?,56?,57?,59?,60?,95?/m1/s1. The Morgan fingerprint density at radius 3 is 1.62 bits per heavy atom. The average molecular weight is 1400 g/mol. The molecule has 17 atom stereocenters. The maximum absolute atomic E-state index is 13.6. The number of rotatable bonds is 46. The van der Waals surface area contributed by atoms with Gasteiger partial charge in [-0.1, -0.05) is 19.8 Å². The van der Waals surface area contributed by atoms with Crippen LogP contribution in [0.25, 0.3) is 0 Å². The smallest absolute Gasteiger partial charge is 0.394 e. The van der Waals surface area contributed by atoms with Crippen LogP contribution in [0.4, 0.5) is 0 Å². The zero-order valence-corrected chi connectivity index (χ0v) is 57.3. The first kappa shape index (κ1) is 82.9. The van der Waals surface area contributed by atoms with E-state index < -0.39 is 132 Å². The molecule has 8 amide bonds. The van der Waals surface area contributed by atoms with E-state index in [-0.39, 0.29) is 133 Å². The molecule has 0 saturated carbocycles. The number of carbonyl (C=O) groups excluding carboxylic acids is 8. The molecule has 4 rings (SSSR count). The van der Waals surface area contributed by atoms with Crippen LogP contribution < -0.4 is 31.9 Å². The number of nitrogens with one attached hydrogen (secondary N) is 6. The maximum Gasteiger partial charge on any atom is 0.697 e. The van der Waals surface area contributed by atoms with Gasteiger partial charge in [-0.3, -0.25) is 42.9 Å². The van der Waals surface area contributed by atoms with Crippen molar-refractivity contribution >= 4 is 63.1 Å². The highest BCUT2D eigenvalue weighted by Crippen LogP contribution is 2.47. The van der Waals surface area contributed by atoms with Gasteiger partial charge in [0.1, 0.15) is 68.0 Å². The average Bonchev–Trinajstić information content (AvgIpc) is 1.77. The topological polar surface area (TPSA) is 465 Å². The minimum atomic E-state index is -3.66. The predicted octanol–water partition coefficient (Wildman–Crippen LogP) is -0.863. The lowest BCUT2D eigenvalue weighted by atomic mass is 9.97. The summed E-state index contributed by atoms with van der Waals surface area (Å²) in [5.41, 5.74) is 0. The first-order valence-electron chi connectivity index (χ1n) is 33.2. The fourth-order valence-electron chi connectivity index (χ4n) is 11.6. The molecule has 33 nitrogen and oxygen atoms in total. The summed E-state index contributed by atoms with van der Waals surface area (Å²) < 4.78 is 70.6. The lowest BCUT2D eigenvalue weighted by Gasteiger charge is -2.42. The van der Waals surface area contributed by atoms with Gasteiger partial charge in [-0.05, 0) is 89.4 Å². The Bertz CT molecular complexity index is 2450. The van der Waals surface area contributed by atoms with E-state index in [1.54, 1.807) is 4.90 Å². The summed E-state index contributed by atoms with van der Waals surface area (Å²) in [5.74, 6) is -2.32. The van der Waals surface area contributed by atoms with E-state index in [0.717, 1.165) is 12.8 Å². The van der Waals surface area contributed by atoms with E-state index >= 15 is 0 Å². The number of aliphatic hydroxyl groups excluding tert-OH is 7. The summed E-state index contributed by atoms with van der Waals surface area (Å²) in [5, 5.41) is 87.0. The summed E-state index contributed by atoms with van der Waals surface area (Å²) in [6, 6.07) is -4.01. The van der Waals surface area contributed by atoms with Crippen molar-refractivity contribution < 1.29 is 120 Å². The molecule has 0 radical (unpaired) electrons. The summed E-state index contributed by atoms with van der Waals surface area (Å²) in [4.78, 5) is 104. The van der Waals surface area contributed by atoms with Crippen molar-refractivity contribution in [1.29, 1.82) is 0 Å². The molecule has 546 valence electrons. The first-order valence-corrected chi connectivity index (χ1v) is 36.3. The van der Waals surface area contributed by atoms with Crippen LogP contribution >= 0.6 is 15.9 Å². The molecular weight excluding hydrogens is 1290 g/mol. The highest BCUT2D eigenvalue weighted by Gasteiger charge is 2.47. The van der Waals surface area contributed by atoms with Gasteiger partial charge in [-0.2, -0.15) is 0 Å². The molecule has 0 aromatic rings. The van der Waals surface area contributed by atoms with E-state index in [0.29, 0.717) is 83.7 Å². The minimum absolute atomic E-state index is 0.000596. The number of unbranched alkanes of at least 4 members (excludes halogenated alkanes) is 7.